The van der Waals surface area contributed by atoms with Gasteiger partial charge in [0.1, 0.15) is 16.2 Å². The topological polar surface area (TPSA) is 47.0 Å². The quantitative estimate of drug-likeness (QED) is 0.849. The number of nitrogens with zero attached hydrogens (tertiary/aromatic N) is 2. The molecule has 1 heterocycles. The van der Waals surface area contributed by atoms with Crippen LogP contribution in [0.25, 0.3) is 0 Å². The van der Waals surface area contributed by atoms with Crippen LogP contribution in [-0.2, 0) is 4.74 Å². The van der Waals surface area contributed by atoms with Crippen LogP contribution in [0.4, 0.5) is 5.82 Å². The normalized spacial score (nSPS) is 21.4. The Hall–Kier alpha value is -0.680. The summed E-state index contributed by atoms with van der Waals surface area (Å²) in [5.41, 5.74) is 0.0250. The maximum Gasteiger partial charge on any atom is 0.135 e. The summed E-state index contributed by atoms with van der Waals surface area (Å²) in [5.74, 6) is 2.44. The van der Waals surface area contributed by atoms with E-state index in [0.29, 0.717) is 5.92 Å². The lowest BCUT2D eigenvalue weighted by Gasteiger charge is -2.40. The molecule has 0 aliphatic heterocycles. The molecule has 0 aromatic carbocycles. The Kier molecular flexibility index (Phi) is 3.28. The first kappa shape index (κ1) is 12.4. The molecule has 1 aromatic rings. The van der Waals surface area contributed by atoms with Gasteiger partial charge in [0.2, 0.25) is 0 Å². The van der Waals surface area contributed by atoms with Gasteiger partial charge >= 0.3 is 0 Å². The Bertz CT molecular complexity index is 438. The summed E-state index contributed by atoms with van der Waals surface area (Å²) in [5, 5.41) is 3.40. The van der Waals surface area contributed by atoms with Crippen molar-refractivity contribution in [2.75, 3.05) is 19.0 Å². The van der Waals surface area contributed by atoms with Crippen molar-refractivity contribution in [2.45, 2.75) is 43.6 Å². The second kappa shape index (κ2) is 4.78. The minimum Gasteiger partial charge on any atom is -0.376 e. The number of hydrogen-bond donors (Lipinski definition) is 1. The van der Waals surface area contributed by atoms with E-state index in [1.54, 1.807) is 7.11 Å². The molecule has 0 saturated heterocycles. The zero-order valence-electron chi connectivity index (χ0n) is 10.6. The van der Waals surface area contributed by atoms with Crippen LogP contribution in [0.5, 0.6) is 0 Å². The maximum absolute atomic E-state index is 5.60. The Morgan fingerprint density at radius 1 is 1.44 bits per heavy atom. The van der Waals surface area contributed by atoms with Crippen LogP contribution in [0.2, 0.25) is 0 Å². The van der Waals surface area contributed by atoms with Gasteiger partial charge < -0.3 is 10.1 Å². The highest BCUT2D eigenvalue weighted by atomic mass is 79.9. The first-order valence-corrected chi connectivity index (χ1v) is 7.34. The summed E-state index contributed by atoms with van der Waals surface area (Å²) >= 11 is 3.46. The largest absolute Gasteiger partial charge is 0.376 e. The lowest BCUT2D eigenvalue weighted by atomic mass is 9.80. The number of halogens is 1. The van der Waals surface area contributed by atoms with E-state index in [0.717, 1.165) is 35.6 Å². The molecule has 0 atom stereocenters. The van der Waals surface area contributed by atoms with Gasteiger partial charge in [-0.25, -0.2) is 9.97 Å². The number of rotatable bonds is 5. The van der Waals surface area contributed by atoms with E-state index in [9.17, 15) is 0 Å². The standard InChI is InChI=1S/C13H18BrN3O/c1-18-13(5-2-6-13)8-15-11-7-10(14)16-12(17-11)9-3-4-9/h7,9H,2-6,8H2,1H3,(H,15,16,17). The van der Waals surface area contributed by atoms with Crippen molar-refractivity contribution >= 4 is 21.7 Å². The minimum absolute atomic E-state index is 0.0250. The summed E-state index contributed by atoms with van der Waals surface area (Å²) in [4.78, 5) is 9.01. The van der Waals surface area contributed by atoms with Crippen LogP contribution >= 0.6 is 15.9 Å². The molecule has 0 radical (unpaired) electrons. The van der Waals surface area contributed by atoms with Crippen molar-refractivity contribution in [3.63, 3.8) is 0 Å². The molecule has 2 aliphatic rings. The van der Waals surface area contributed by atoms with E-state index in [1.807, 2.05) is 6.07 Å². The molecular weight excluding hydrogens is 294 g/mol. The molecule has 0 bridgehead atoms. The van der Waals surface area contributed by atoms with Crippen LogP contribution in [0, 0.1) is 0 Å². The highest BCUT2D eigenvalue weighted by molar-refractivity contribution is 9.10. The molecule has 1 N–H and O–H groups in total. The molecule has 2 saturated carbocycles. The van der Waals surface area contributed by atoms with Gasteiger partial charge in [-0.2, -0.15) is 0 Å². The predicted octanol–water partition coefficient (Wildman–Crippen LogP) is 3.10. The molecule has 4 nitrogen and oxygen atoms in total. The molecule has 2 fully saturated rings. The van der Waals surface area contributed by atoms with E-state index in [4.69, 9.17) is 4.74 Å². The number of methoxy groups -OCH3 is 1. The molecule has 98 valence electrons. The van der Waals surface area contributed by atoms with Gasteiger partial charge in [-0.3, -0.25) is 0 Å². The second-order valence-electron chi connectivity index (χ2n) is 5.30. The number of nitrogens with one attached hydrogen (secondary N) is 1. The molecule has 3 rings (SSSR count). The molecule has 0 unspecified atom stereocenters. The lowest BCUT2D eigenvalue weighted by molar-refractivity contribution is -0.0601. The first-order valence-electron chi connectivity index (χ1n) is 6.54. The predicted molar refractivity (Wildman–Crippen MR) is 73.8 cm³/mol. The van der Waals surface area contributed by atoms with Crippen LogP contribution in [0.1, 0.15) is 43.8 Å². The van der Waals surface area contributed by atoms with E-state index < -0.39 is 0 Å². The van der Waals surface area contributed by atoms with Crippen LogP contribution in [-0.4, -0.2) is 29.2 Å². The second-order valence-corrected chi connectivity index (χ2v) is 6.12. The van der Waals surface area contributed by atoms with Crippen molar-refractivity contribution in [1.82, 2.24) is 9.97 Å². The van der Waals surface area contributed by atoms with Gasteiger partial charge in [0.05, 0.1) is 5.60 Å². The van der Waals surface area contributed by atoms with Crippen LogP contribution in [0.15, 0.2) is 10.7 Å². The number of hydrogen-bond acceptors (Lipinski definition) is 4. The smallest absolute Gasteiger partial charge is 0.135 e. The van der Waals surface area contributed by atoms with Crippen molar-refractivity contribution < 1.29 is 4.74 Å². The molecule has 5 heteroatoms. The average Bonchev–Trinajstić information content (AvgIpc) is 3.11. The van der Waals surface area contributed by atoms with Gasteiger partial charge in [-0.1, -0.05) is 0 Å². The van der Waals surface area contributed by atoms with E-state index in [2.05, 4.69) is 31.2 Å². The van der Waals surface area contributed by atoms with E-state index in [1.165, 1.54) is 19.3 Å². The van der Waals surface area contributed by atoms with Crippen LogP contribution < -0.4 is 5.32 Å². The number of aromatic nitrogens is 2. The molecule has 0 amide bonds. The van der Waals surface area contributed by atoms with Gasteiger partial charge in [0, 0.05) is 25.6 Å². The molecule has 1 aromatic heterocycles. The number of anilines is 1. The lowest BCUT2D eigenvalue weighted by Crippen LogP contribution is -2.45. The third-order valence-corrected chi connectivity index (χ3v) is 4.35. The molecular formula is C13H18BrN3O. The van der Waals surface area contributed by atoms with Gasteiger partial charge in [-0.05, 0) is 48.0 Å². The molecule has 0 spiro atoms. The fraction of sp³-hybridized carbons (Fsp3) is 0.692. The maximum atomic E-state index is 5.60. The fourth-order valence-corrected chi connectivity index (χ4v) is 2.72. The molecule has 2 aliphatic carbocycles. The SMILES string of the molecule is COC1(CNc2cc(Br)nc(C3CC3)n2)CCC1. The Balaban J connectivity index is 1.68. The highest BCUT2D eigenvalue weighted by Gasteiger charge is 2.37. The summed E-state index contributed by atoms with van der Waals surface area (Å²) < 4.78 is 6.46. The third kappa shape index (κ3) is 2.52. The van der Waals surface area contributed by atoms with Crippen molar-refractivity contribution in [2.24, 2.45) is 0 Å². The van der Waals surface area contributed by atoms with Gasteiger partial charge in [0.15, 0.2) is 0 Å². The summed E-state index contributed by atoms with van der Waals surface area (Å²) in [6, 6.07) is 1.94. The van der Waals surface area contributed by atoms with Gasteiger partial charge in [0.25, 0.3) is 0 Å². The zero-order valence-corrected chi connectivity index (χ0v) is 12.2. The van der Waals surface area contributed by atoms with E-state index in [-0.39, 0.29) is 5.60 Å². The van der Waals surface area contributed by atoms with Crippen molar-refractivity contribution in [3.8, 4) is 0 Å². The summed E-state index contributed by atoms with van der Waals surface area (Å²) in [6.45, 7) is 0.830. The summed E-state index contributed by atoms with van der Waals surface area (Å²) in [6.07, 6.45) is 5.97. The number of ether oxygens (including phenoxy) is 1. The summed E-state index contributed by atoms with van der Waals surface area (Å²) in [7, 11) is 1.80. The van der Waals surface area contributed by atoms with E-state index >= 15 is 0 Å². The Morgan fingerprint density at radius 3 is 2.78 bits per heavy atom. The monoisotopic (exact) mass is 311 g/mol. The van der Waals surface area contributed by atoms with Gasteiger partial charge in [-0.15, -0.1) is 0 Å². The zero-order chi connectivity index (χ0) is 12.6. The van der Waals surface area contributed by atoms with Crippen LogP contribution in [0.3, 0.4) is 0 Å². The van der Waals surface area contributed by atoms with Crippen molar-refractivity contribution in [1.29, 1.82) is 0 Å². The first-order chi connectivity index (χ1) is 8.71. The minimum atomic E-state index is 0.0250. The fourth-order valence-electron chi connectivity index (χ4n) is 2.33. The molecule has 18 heavy (non-hydrogen) atoms. The highest BCUT2D eigenvalue weighted by Crippen LogP contribution is 2.39. The third-order valence-electron chi connectivity index (χ3n) is 3.94. The van der Waals surface area contributed by atoms with Crippen molar-refractivity contribution in [3.05, 3.63) is 16.5 Å². The average molecular weight is 312 g/mol. The Morgan fingerprint density at radius 2 is 2.22 bits per heavy atom. The Labute approximate surface area is 116 Å².